The van der Waals surface area contributed by atoms with Gasteiger partial charge in [-0.15, -0.1) is 0 Å². The molecule has 0 heterocycles. The zero-order chi connectivity index (χ0) is 13.2. The smallest absolute Gasteiger partial charge is 0.183 e. The highest BCUT2D eigenvalue weighted by molar-refractivity contribution is 6.02. The van der Waals surface area contributed by atoms with Crippen LogP contribution in [-0.4, -0.2) is 5.78 Å². The fourth-order valence-electron chi connectivity index (χ4n) is 2.39. The van der Waals surface area contributed by atoms with Gasteiger partial charge in [-0.1, -0.05) is 38.1 Å². The standard InChI is InChI=1S/C16H19NO/c1-3-12(2)13-5-7-14(8-6-13)15(18)16(11-17)9-4-10-16/h5-8,12H,3-4,9-10H2,1-2H3. The van der Waals surface area contributed by atoms with E-state index in [1.807, 2.05) is 24.3 Å². The van der Waals surface area contributed by atoms with Crippen molar-refractivity contribution in [3.8, 4) is 6.07 Å². The summed E-state index contributed by atoms with van der Waals surface area (Å²) in [5.74, 6) is 0.523. The van der Waals surface area contributed by atoms with Gasteiger partial charge in [-0.3, -0.25) is 4.79 Å². The van der Waals surface area contributed by atoms with Gasteiger partial charge in [0.25, 0.3) is 0 Å². The number of rotatable bonds is 4. The molecular weight excluding hydrogens is 222 g/mol. The summed E-state index contributed by atoms with van der Waals surface area (Å²) in [6.07, 6.45) is 3.52. The average Bonchev–Trinajstić information content (AvgIpc) is 2.37. The molecule has 1 saturated carbocycles. The van der Waals surface area contributed by atoms with Crippen LogP contribution >= 0.6 is 0 Å². The van der Waals surface area contributed by atoms with E-state index in [1.54, 1.807) is 0 Å². The largest absolute Gasteiger partial charge is 0.292 e. The van der Waals surface area contributed by atoms with Crippen LogP contribution in [0, 0.1) is 16.7 Å². The maximum absolute atomic E-state index is 12.3. The van der Waals surface area contributed by atoms with Crippen molar-refractivity contribution >= 4 is 5.78 Å². The molecule has 0 saturated heterocycles. The zero-order valence-corrected chi connectivity index (χ0v) is 11.1. The second-order valence-corrected chi connectivity index (χ2v) is 5.31. The van der Waals surface area contributed by atoms with Gasteiger partial charge < -0.3 is 0 Å². The molecule has 0 aliphatic heterocycles. The lowest BCUT2D eigenvalue weighted by Gasteiger charge is -2.33. The van der Waals surface area contributed by atoms with Crippen LogP contribution in [0.1, 0.15) is 61.4 Å². The fraction of sp³-hybridized carbons (Fsp3) is 0.500. The summed E-state index contributed by atoms with van der Waals surface area (Å²) in [6, 6.07) is 10.0. The van der Waals surface area contributed by atoms with Crippen molar-refractivity contribution < 1.29 is 4.79 Å². The van der Waals surface area contributed by atoms with Gasteiger partial charge in [-0.25, -0.2) is 0 Å². The topological polar surface area (TPSA) is 40.9 Å². The molecule has 2 nitrogen and oxygen atoms in total. The van der Waals surface area contributed by atoms with Crippen LogP contribution in [0.4, 0.5) is 0 Å². The number of benzene rings is 1. The summed E-state index contributed by atoms with van der Waals surface area (Å²) < 4.78 is 0. The molecule has 1 aromatic carbocycles. The number of carbonyl (C=O) groups excluding carboxylic acids is 1. The fourth-order valence-corrected chi connectivity index (χ4v) is 2.39. The zero-order valence-electron chi connectivity index (χ0n) is 11.1. The first-order valence-electron chi connectivity index (χ1n) is 6.69. The minimum atomic E-state index is -0.724. The van der Waals surface area contributed by atoms with Crippen LogP contribution < -0.4 is 0 Å². The van der Waals surface area contributed by atoms with Crippen LogP contribution in [-0.2, 0) is 0 Å². The Balaban J connectivity index is 2.20. The van der Waals surface area contributed by atoms with Crippen LogP contribution in [0.15, 0.2) is 24.3 Å². The van der Waals surface area contributed by atoms with Gasteiger partial charge in [0.15, 0.2) is 5.78 Å². The Kier molecular flexibility index (Phi) is 3.52. The first-order chi connectivity index (χ1) is 8.63. The van der Waals surface area contributed by atoms with E-state index in [0.29, 0.717) is 11.5 Å². The molecule has 2 heteroatoms. The lowest BCUT2D eigenvalue weighted by atomic mass is 9.65. The highest BCUT2D eigenvalue weighted by atomic mass is 16.1. The molecule has 0 bridgehead atoms. The van der Waals surface area contributed by atoms with E-state index in [9.17, 15) is 10.1 Å². The molecule has 1 aliphatic carbocycles. The Morgan fingerprint density at radius 1 is 1.39 bits per heavy atom. The van der Waals surface area contributed by atoms with Gasteiger partial charge in [0.2, 0.25) is 0 Å². The molecule has 0 N–H and O–H groups in total. The second-order valence-electron chi connectivity index (χ2n) is 5.31. The van der Waals surface area contributed by atoms with Gasteiger partial charge in [0, 0.05) is 5.56 Å². The Labute approximate surface area is 109 Å². The van der Waals surface area contributed by atoms with Crippen molar-refractivity contribution in [3.63, 3.8) is 0 Å². The van der Waals surface area contributed by atoms with E-state index < -0.39 is 5.41 Å². The van der Waals surface area contributed by atoms with Crippen molar-refractivity contribution in [1.29, 1.82) is 5.26 Å². The molecule has 1 fully saturated rings. The van der Waals surface area contributed by atoms with Gasteiger partial charge in [0.05, 0.1) is 6.07 Å². The molecule has 1 aliphatic rings. The number of Topliss-reactive ketones (excluding diaryl/α,β-unsaturated/α-hetero) is 1. The predicted octanol–water partition coefficient (Wildman–Crippen LogP) is 4.08. The quantitative estimate of drug-likeness (QED) is 0.745. The number of nitrogens with zero attached hydrogens (tertiary/aromatic N) is 1. The molecule has 0 spiro atoms. The third kappa shape index (κ3) is 2.06. The summed E-state index contributed by atoms with van der Waals surface area (Å²) in [5.41, 5.74) is 1.22. The van der Waals surface area contributed by atoms with Crippen LogP contribution in [0.3, 0.4) is 0 Å². The Morgan fingerprint density at radius 2 is 2.00 bits per heavy atom. The van der Waals surface area contributed by atoms with E-state index >= 15 is 0 Å². The summed E-state index contributed by atoms with van der Waals surface area (Å²) in [5, 5.41) is 9.18. The van der Waals surface area contributed by atoms with E-state index in [0.717, 1.165) is 25.7 Å². The van der Waals surface area contributed by atoms with Crippen LogP contribution in [0.5, 0.6) is 0 Å². The number of nitriles is 1. The van der Waals surface area contributed by atoms with E-state index in [-0.39, 0.29) is 5.78 Å². The molecule has 1 atom stereocenters. The maximum atomic E-state index is 12.3. The lowest BCUT2D eigenvalue weighted by Crippen LogP contribution is -2.36. The van der Waals surface area contributed by atoms with E-state index in [1.165, 1.54) is 5.56 Å². The van der Waals surface area contributed by atoms with Gasteiger partial charge in [-0.2, -0.15) is 5.26 Å². The highest BCUT2D eigenvalue weighted by Gasteiger charge is 2.44. The molecular formula is C16H19NO. The van der Waals surface area contributed by atoms with Crippen molar-refractivity contribution in [2.45, 2.75) is 45.4 Å². The number of hydrogen-bond donors (Lipinski definition) is 0. The van der Waals surface area contributed by atoms with Gasteiger partial charge in [0.1, 0.15) is 5.41 Å². The summed E-state index contributed by atoms with van der Waals surface area (Å²) in [6.45, 7) is 4.34. The van der Waals surface area contributed by atoms with Crippen molar-refractivity contribution in [2.75, 3.05) is 0 Å². The van der Waals surface area contributed by atoms with Crippen molar-refractivity contribution in [3.05, 3.63) is 35.4 Å². The second kappa shape index (κ2) is 4.94. The van der Waals surface area contributed by atoms with Crippen molar-refractivity contribution in [1.82, 2.24) is 0 Å². The molecule has 1 unspecified atom stereocenters. The number of hydrogen-bond acceptors (Lipinski definition) is 2. The van der Waals surface area contributed by atoms with Crippen LogP contribution in [0.2, 0.25) is 0 Å². The summed E-state index contributed by atoms with van der Waals surface area (Å²) in [4.78, 5) is 12.3. The molecule has 18 heavy (non-hydrogen) atoms. The molecule has 94 valence electrons. The van der Waals surface area contributed by atoms with E-state index in [2.05, 4.69) is 19.9 Å². The van der Waals surface area contributed by atoms with Crippen LogP contribution in [0.25, 0.3) is 0 Å². The molecule has 0 aromatic heterocycles. The summed E-state index contributed by atoms with van der Waals surface area (Å²) in [7, 11) is 0. The normalized spacial score (nSPS) is 18.5. The lowest BCUT2D eigenvalue weighted by molar-refractivity contribution is 0.0748. The third-order valence-corrected chi connectivity index (χ3v) is 4.21. The van der Waals surface area contributed by atoms with E-state index in [4.69, 9.17) is 0 Å². The first-order valence-corrected chi connectivity index (χ1v) is 6.69. The minimum Gasteiger partial charge on any atom is -0.292 e. The molecule has 0 radical (unpaired) electrons. The third-order valence-electron chi connectivity index (χ3n) is 4.21. The highest BCUT2D eigenvalue weighted by Crippen LogP contribution is 2.43. The van der Waals surface area contributed by atoms with Gasteiger partial charge in [-0.05, 0) is 37.2 Å². The molecule has 2 rings (SSSR count). The number of carbonyl (C=O) groups is 1. The Morgan fingerprint density at radius 3 is 2.39 bits per heavy atom. The van der Waals surface area contributed by atoms with Gasteiger partial charge >= 0.3 is 0 Å². The molecule has 1 aromatic rings. The predicted molar refractivity (Wildman–Crippen MR) is 71.4 cm³/mol. The monoisotopic (exact) mass is 241 g/mol. The maximum Gasteiger partial charge on any atom is 0.183 e. The Bertz CT molecular complexity index is 477. The summed E-state index contributed by atoms with van der Waals surface area (Å²) >= 11 is 0. The minimum absolute atomic E-state index is 0.00644. The van der Waals surface area contributed by atoms with Crippen molar-refractivity contribution in [2.24, 2.45) is 5.41 Å². The Hall–Kier alpha value is -1.62. The average molecular weight is 241 g/mol. The molecule has 0 amide bonds. The first kappa shape index (κ1) is 12.8. The number of ketones is 1. The SMILES string of the molecule is CCC(C)c1ccc(C(=O)C2(C#N)CCC2)cc1.